The summed E-state index contributed by atoms with van der Waals surface area (Å²) in [6, 6.07) is 7.03. The summed E-state index contributed by atoms with van der Waals surface area (Å²) in [5.74, 6) is -0.360. The van der Waals surface area contributed by atoms with Gasteiger partial charge in [0, 0.05) is 31.6 Å². The normalized spacial score (nSPS) is 17.3. The van der Waals surface area contributed by atoms with Gasteiger partial charge in [0.1, 0.15) is 6.42 Å². The Morgan fingerprint density at radius 2 is 1.79 bits per heavy atom. The van der Waals surface area contributed by atoms with Crippen molar-refractivity contribution in [2.24, 2.45) is 0 Å². The summed E-state index contributed by atoms with van der Waals surface area (Å²) in [6.07, 6.45) is 2.32. The van der Waals surface area contributed by atoms with Gasteiger partial charge in [-0.1, -0.05) is 0 Å². The van der Waals surface area contributed by atoms with Gasteiger partial charge in [0.05, 0.1) is 17.4 Å². The minimum atomic E-state index is -0.421. The lowest BCUT2D eigenvalue weighted by Gasteiger charge is -2.23. The van der Waals surface area contributed by atoms with Crippen LogP contribution in [-0.2, 0) is 14.4 Å². The molecule has 0 spiro atoms. The van der Waals surface area contributed by atoms with Crippen LogP contribution in [0.15, 0.2) is 18.2 Å². The Bertz CT molecular complexity index is 738. The minimum absolute atomic E-state index is 0.00400. The fourth-order valence-corrected chi connectivity index (χ4v) is 3.11. The lowest BCUT2D eigenvalue weighted by atomic mass is 10.2. The monoisotopic (exact) mass is 326 g/mol. The van der Waals surface area contributed by atoms with E-state index in [4.69, 9.17) is 5.26 Å². The van der Waals surface area contributed by atoms with Gasteiger partial charge in [0.2, 0.25) is 17.7 Å². The molecule has 124 valence electrons. The number of benzene rings is 1. The maximum Gasteiger partial charge on any atom is 0.238 e. The van der Waals surface area contributed by atoms with Gasteiger partial charge in [0.15, 0.2) is 0 Å². The Labute approximate surface area is 139 Å². The fourth-order valence-electron chi connectivity index (χ4n) is 3.11. The van der Waals surface area contributed by atoms with E-state index >= 15 is 0 Å². The molecule has 0 aromatic heterocycles. The molecule has 2 aliphatic rings. The summed E-state index contributed by atoms with van der Waals surface area (Å²) in [5.41, 5.74) is 1.80. The second-order valence-electron chi connectivity index (χ2n) is 5.88. The van der Waals surface area contributed by atoms with Gasteiger partial charge in [-0.2, -0.15) is 5.26 Å². The van der Waals surface area contributed by atoms with Crippen LogP contribution in [0.3, 0.4) is 0 Å². The molecular weight excluding hydrogens is 308 g/mol. The third-order valence-corrected chi connectivity index (χ3v) is 4.24. The van der Waals surface area contributed by atoms with E-state index in [9.17, 15) is 14.4 Å². The molecule has 0 unspecified atom stereocenters. The van der Waals surface area contributed by atoms with Crippen molar-refractivity contribution in [1.82, 2.24) is 0 Å². The number of hydrogen-bond acceptors (Lipinski definition) is 4. The van der Waals surface area contributed by atoms with E-state index in [2.05, 4.69) is 5.32 Å². The number of hydrogen-bond donors (Lipinski definition) is 1. The summed E-state index contributed by atoms with van der Waals surface area (Å²) in [6.45, 7) is 1.24. The van der Waals surface area contributed by atoms with Gasteiger partial charge in [-0.3, -0.25) is 14.4 Å². The minimum Gasteiger partial charge on any atom is -0.323 e. The Balaban J connectivity index is 1.96. The quantitative estimate of drug-likeness (QED) is 0.913. The van der Waals surface area contributed by atoms with E-state index in [0.717, 1.165) is 18.5 Å². The molecule has 2 fully saturated rings. The zero-order chi connectivity index (χ0) is 17.1. The van der Waals surface area contributed by atoms with Crippen LogP contribution in [0.2, 0.25) is 0 Å². The van der Waals surface area contributed by atoms with Crippen LogP contribution < -0.4 is 15.1 Å². The van der Waals surface area contributed by atoms with Crippen molar-refractivity contribution >= 4 is 34.8 Å². The molecule has 1 aromatic rings. The zero-order valence-corrected chi connectivity index (χ0v) is 13.2. The number of rotatable bonds is 4. The van der Waals surface area contributed by atoms with Crippen molar-refractivity contribution in [2.75, 3.05) is 28.2 Å². The molecule has 24 heavy (non-hydrogen) atoms. The number of carbonyl (C=O) groups is 3. The Kier molecular flexibility index (Phi) is 4.47. The first-order valence-corrected chi connectivity index (χ1v) is 8.02. The first-order valence-electron chi connectivity index (χ1n) is 8.02. The zero-order valence-electron chi connectivity index (χ0n) is 13.2. The molecular formula is C17H18N4O3. The van der Waals surface area contributed by atoms with Crippen molar-refractivity contribution in [3.63, 3.8) is 0 Å². The van der Waals surface area contributed by atoms with Gasteiger partial charge in [-0.15, -0.1) is 0 Å². The molecule has 3 rings (SSSR count). The number of nitrogens with one attached hydrogen (secondary N) is 1. The van der Waals surface area contributed by atoms with E-state index < -0.39 is 5.91 Å². The van der Waals surface area contributed by atoms with E-state index in [-0.39, 0.29) is 18.2 Å². The lowest BCUT2D eigenvalue weighted by Crippen LogP contribution is -2.27. The van der Waals surface area contributed by atoms with Crippen LogP contribution in [0.25, 0.3) is 0 Å². The summed E-state index contributed by atoms with van der Waals surface area (Å²) in [4.78, 5) is 39.2. The molecule has 0 bridgehead atoms. The molecule has 7 nitrogen and oxygen atoms in total. The Hall–Kier alpha value is -2.88. The van der Waals surface area contributed by atoms with E-state index in [1.807, 2.05) is 0 Å². The van der Waals surface area contributed by atoms with Crippen LogP contribution in [-0.4, -0.2) is 30.8 Å². The molecule has 0 radical (unpaired) electrons. The molecule has 2 heterocycles. The topological polar surface area (TPSA) is 93.5 Å². The SMILES string of the molecule is N#CCC(=O)Nc1ccc(N2CCCC2=O)cc1N1CCCC1=O. The van der Waals surface area contributed by atoms with Crippen LogP contribution in [0.4, 0.5) is 17.1 Å². The molecule has 0 atom stereocenters. The summed E-state index contributed by atoms with van der Waals surface area (Å²) in [5, 5.41) is 11.3. The Morgan fingerprint density at radius 3 is 2.38 bits per heavy atom. The predicted molar refractivity (Wildman–Crippen MR) is 88.5 cm³/mol. The highest BCUT2D eigenvalue weighted by Gasteiger charge is 2.27. The third-order valence-electron chi connectivity index (χ3n) is 4.24. The number of anilines is 3. The summed E-state index contributed by atoms with van der Waals surface area (Å²) in [7, 11) is 0. The lowest BCUT2D eigenvalue weighted by molar-refractivity contribution is -0.117. The summed E-state index contributed by atoms with van der Waals surface area (Å²) < 4.78 is 0. The van der Waals surface area contributed by atoms with Crippen molar-refractivity contribution < 1.29 is 14.4 Å². The molecule has 1 N–H and O–H groups in total. The van der Waals surface area contributed by atoms with Gasteiger partial charge in [-0.05, 0) is 31.0 Å². The van der Waals surface area contributed by atoms with E-state index in [1.165, 1.54) is 0 Å². The van der Waals surface area contributed by atoms with Crippen LogP contribution >= 0.6 is 0 Å². The molecule has 7 heteroatoms. The second kappa shape index (κ2) is 6.71. The number of amides is 3. The molecule has 1 aromatic carbocycles. The fraction of sp³-hybridized carbons (Fsp3) is 0.412. The van der Waals surface area contributed by atoms with Crippen LogP contribution in [0.5, 0.6) is 0 Å². The van der Waals surface area contributed by atoms with Crippen molar-refractivity contribution in [3.8, 4) is 6.07 Å². The van der Waals surface area contributed by atoms with Crippen molar-refractivity contribution in [1.29, 1.82) is 5.26 Å². The highest BCUT2D eigenvalue weighted by molar-refractivity contribution is 6.04. The largest absolute Gasteiger partial charge is 0.323 e. The predicted octanol–water partition coefficient (Wildman–Crippen LogP) is 1.79. The van der Waals surface area contributed by atoms with Crippen molar-refractivity contribution in [2.45, 2.75) is 32.1 Å². The van der Waals surface area contributed by atoms with Crippen molar-refractivity contribution in [3.05, 3.63) is 18.2 Å². The average molecular weight is 326 g/mol. The van der Waals surface area contributed by atoms with Crippen LogP contribution in [0, 0.1) is 11.3 Å². The molecule has 2 aliphatic heterocycles. The van der Waals surface area contributed by atoms with Gasteiger partial charge in [-0.25, -0.2) is 0 Å². The molecule has 2 saturated heterocycles. The smallest absolute Gasteiger partial charge is 0.238 e. The number of carbonyl (C=O) groups excluding carboxylic acids is 3. The maximum atomic E-state index is 12.1. The van der Waals surface area contributed by atoms with Gasteiger partial charge in [0.25, 0.3) is 0 Å². The van der Waals surface area contributed by atoms with Crippen LogP contribution in [0.1, 0.15) is 32.1 Å². The second-order valence-corrected chi connectivity index (χ2v) is 5.88. The first-order chi connectivity index (χ1) is 11.6. The highest BCUT2D eigenvalue weighted by atomic mass is 16.2. The maximum absolute atomic E-state index is 12.1. The highest BCUT2D eigenvalue weighted by Crippen LogP contribution is 2.35. The number of nitrogens with zero attached hydrogens (tertiary/aromatic N) is 3. The van der Waals surface area contributed by atoms with Gasteiger partial charge < -0.3 is 15.1 Å². The number of nitriles is 1. The molecule has 0 saturated carbocycles. The molecule has 3 amide bonds. The van der Waals surface area contributed by atoms with E-state index in [1.54, 1.807) is 34.1 Å². The average Bonchev–Trinajstić information content (AvgIpc) is 3.16. The van der Waals surface area contributed by atoms with E-state index in [0.29, 0.717) is 37.3 Å². The third kappa shape index (κ3) is 3.08. The van der Waals surface area contributed by atoms with Gasteiger partial charge >= 0.3 is 0 Å². The molecule has 0 aliphatic carbocycles. The summed E-state index contributed by atoms with van der Waals surface area (Å²) >= 11 is 0. The first kappa shape index (κ1) is 16.0. The Morgan fingerprint density at radius 1 is 1.12 bits per heavy atom. The standard InChI is InChI=1S/C17H18N4O3/c18-8-7-15(22)19-13-6-5-12(20-9-1-3-16(20)23)11-14(13)21-10-2-4-17(21)24/h5-6,11H,1-4,7,9-10H2,(H,19,22).